The molecule has 0 saturated heterocycles. The van der Waals surface area contributed by atoms with E-state index in [1.807, 2.05) is 6.07 Å². The van der Waals surface area contributed by atoms with Crippen molar-refractivity contribution in [3.8, 4) is 17.2 Å². The molecule has 0 bridgehead atoms. The van der Waals surface area contributed by atoms with Crippen molar-refractivity contribution >= 4 is 0 Å². The molecule has 0 amide bonds. The van der Waals surface area contributed by atoms with Crippen LogP contribution in [0, 0.1) is 0 Å². The Labute approximate surface area is 162 Å². The molecule has 1 atom stereocenters. The molecule has 4 nitrogen and oxygen atoms in total. The molecule has 4 heteroatoms. The van der Waals surface area contributed by atoms with Crippen LogP contribution in [0.1, 0.15) is 42.4 Å². The van der Waals surface area contributed by atoms with Gasteiger partial charge in [0.25, 0.3) is 0 Å². The van der Waals surface area contributed by atoms with Crippen LogP contribution in [-0.2, 0) is 12.8 Å². The highest BCUT2D eigenvalue weighted by Crippen LogP contribution is 2.37. The van der Waals surface area contributed by atoms with Crippen LogP contribution in [0.2, 0.25) is 0 Å². The highest BCUT2D eigenvalue weighted by molar-refractivity contribution is 5.45. The third-order valence-electron chi connectivity index (χ3n) is 5.89. The summed E-state index contributed by atoms with van der Waals surface area (Å²) < 4.78 is 16.5. The smallest absolute Gasteiger partial charge is 0.231 e. The van der Waals surface area contributed by atoms with Crippen molar-refractivity contribution in [1.29, 1.82) is 0 Å². The monoisotopic (exact) mass is 367 g/mol. The van der Waals surface area contributed by atoms with E-state index >= 15 is 0 Å². The maximum atomic E-state index is 5.60. The Kier molecular flexibility index (Phi) is 5.53. The van der Waals surface area contributed by atoms with Crippen molar-refractivity contribution in [2.24, 2.45) is 0 Å². The molecule has 4 rings (SSSR count). The van der Waals surface area contributed by atoms with Crippen molar-refractivity contribution < 1.29 is 14.2 Å². The van der Waals surface area contributed by atoms with Gasteiger partial charge in [-0.1, -0.05) is 25.1 Å². The van der Waals surface area contributed by atoms with Gasteiger partial charge in [-0.2, -0.15) is 0 Å². The molecule has 2 aromatic carbocycles. The normalized spacial score (nSPS) is 17.8. The minimum absolute atomic E-state index is 0.338. The second kappa shape index (κ2) is 8.22. The predicted octanol–water partition coefficient (Wildman–Crippen LogP) is 4.41. The average Bonchev–Trinajstić information content (AvgIpc) is 3.18. The van der Waals surface area contributed by atoms with E-state index in [4.69, 9.17) is 14.2 Å². The highest BCUT2D eigenvalue weighted by atomic mass is 16.7. The fraction of sp³-hybridized carbons (Fsp3) is 0.478. The van der Waals surface area contributed by atoms with Crippen molar-refractivity contribution in [2.45, 2.75) is 38.5 Å². The van der Waals surface area contributed by atoms with Gasteiger partial charge in [0.2, 0.25) is 6.79 Å². The number of rotatable bonds is 7. The first kappa shape index (κ1) is 18.2. The fourth-order valence-corrected chi connectivity index (χ4v) is 4.37. The van der Waals surface area contributed by atoms with Crippen LogP contribution in [0.3, 0.4) is 0 Å². The van der Waals surface area contributed by atoms with E-state index in [9.17, 15) is 0 Å². The molecule has 1 heterocycles. The molecule has 2 aromatic rings. The van der Waals surface area contributed by atoms with E-state index in [0.29, 0.717) is 12.7 Å². The number of hydrogen-bond donors (Lipinski definition) is 0. The van der Waals surface area contributed by atoms with E-state index in [1.165, 1.54) is 29.5 Å². The van der Waals surface area contributed by atoms with Crippen LogP contribution in [0.15, 0.2) is 36.4 Å². The summed E-state index contributed by atoms with van der Waals surface area (Å²) in [5, 5.41) is 0. The van der Waals surface area contributed by atoms with E-state index in [0.717, 1.165) is 49.7 Å². The zero-order valence-corrected chi connectivity index (χ0v) is 16.4. The molecule has 1 aliphatic heterocycles. The molecule has 0 N–H and O–H groups in total. The van der Waals surface area contributed by atoms with E-state index < -0.39 is 0 Å². The van der Waals surface area contributed by atoms with Crippen LogP contribution in [0.25, 0.3) is 0 Å². The zero-order chi connectivity index (χ0) is 18.6. The molecule has 1 unspecified atom stereocenters. The molecule has 27 heavy (non-hydrogen) atoms. The number of nitrogens with zero attached hydrogens (tertiary/aromatic N) is 1. The summed E-state index contributed by atoms with van der Waals surface area (Å²) in [6, 6.07) is 12.8. The lowest BCUT2D eigenvalue weighted by molar-refractivity contribution is 0.174. The van der Waals surface area contributed by atoms with Crippen LogP contribution in [0.5, 0.6) is 17.2 Å². The Bertz CT molecular complexity index is 789. The minimum Gasteiger partial charge on any atom is -0.496 e. The van der Waals surface area contributed by atoms with Crippen LogP contribution < -0.4 is 14.2 Å². The van der Waals surface area contributed by atoms with Gasteiger partial charge in [0.05, 0.1) is 7.11 Å². The molecular weight excluding hydrogens is 338 g/mol. The summed E-state index contributed by atoms with van der Waals surface area (Å²) in [6.45, 7) is 5.84. The first-order valence-corrected chi connectivity index (χ1v) is 10.0. The van der Waals surface area contributed by atoms with Gasteiger partial charge < -0.3 is 19.1 Å². The van der Waals surface area contributed by atoms with Crippen molar-refractivity contribution in [3.05, 3.63) is 53.1 Å². The lowest BCUT2D eigenvalue weighted by Crippen LogP contribution is -2.32. The third-order valence-corrected chi connectivity index (χ3v) is 5.89. The van der Waals surface area contributed by atoms with Gasteiger partial charge in [0.15, 0.2) is 11.5 Å². The van der Waals surface area contributed by atoms with Gasteiger partial charge in [-0.3, -0.25) is 0 Å². The van der Waals surface area contributed by atoms with Gasteiger partial charge in [0, 0.05) is 13.1 Å². The standard InChI is InChI=1S/C23H29NO3/c1-3-24(13-12-17-10-11-22-23(14-17)27-16-26-22)15-18-6-4-8-20-19(18)7-5-9-21(20)25-2/h5,7,9-11,14,18H,3-4,6,8,12-13,15-16H2,1-2H3. The Morgan fingerprint density at radius 1 is 1.15 bits per heavy atom. The highest BCUT2D eigenvalue weighted by Gasteiger charge is 2.24. The first-order chi connectivity index (χ1) is 13.3. The molecule has 0 fully saturated rings. The maximum absolute atomic E-state index is 5.60. The van der Waals surface area contributed by atoms with Gasteiger partial charge in [-0.05, 0) is 73.0 Å². The predicted molar refractivity (Wildman–Crippen MR) is 107 cm³/mol. The average molecular weight is 367 g/mol. The molecule has 1 aliphatic carbocycles. The number of likely N-dealkylation sites (N-methyl/N-ethyl adjacent to an activating group) is 1. The first-order valence-electron chi connectivity index (χ1n) is 10.0. The number of hydrogen-bond acceptors (Lipinski definition) is 4. The minimum atomic E-state index is 0.338. The molecule has 0 radical (unpaired) electrons. The Balaban J connectivity index is 1.41. The second-order valence-corrected chi connectivity index (χ2v) is 7.45. The number of methoxy groups -OCH3 is 1. The summed E-state index contributed by atoms with van der Waals surface area (Å²) >= 11 is 0. The zero-order valence-electron chi connectivity index (χ0n) is 16.4. The Morgan fingerprint density at radius 3 is 2.89 bits per heavy atom. The van der Waals surface area contributed by atoms with Crippen LogP contribution in [-0.4, -0.2) is 38.4 Å². The van der Waals surface area contributed by atoms with Gasteiger partial charge >= 0.3 is 0 Å². The van der Waals surface area contributed by atoms with Gasteiger partial charge in [0.1, 0.15) is 5.75 Å². The Morgan fingerprint density at radius 2 is 2.04 bits per heavy atom. The molecule has 2 aliphatic rings. The SMILES string of the molecule is CCN(CCc1ccc2c(c1)OCO2)CC1CCCc2c(OC)cccc21. The van der Waals surface area contributed by atoms with Crippen molar-refractivity contribution in [1.82, 2.24) is 4.90 Å². The number of ether oxygens (including phenoxy) is 3. The number of benzene rings is 2. The van der Waals surface area contributed by atoms with Gasteiger partial charge in [-0.15, -0.1) is 0 Å². The van der Waals surface area contributed by atoms with Crippen molar-refractivity contribution in [3.63, 3.8) is 0 Å². The lowest BCUT2D eigenvalue weighted by Gasteiger charge is -2.31. The fourth-order valence-electron chi connectivity index (χ4n) is 4.37. The summed E-state index contributed by atoms with van der Waals surface area (Å²) in [7, 11) is 1.78. The summed E-state index contributed by atoms with van der Waals surface area (Å²) in [5.41, 5.74) is 4.22. The third kappa shape index (κ3) is 3.91. The van der Waals surface area contributed by atoms with E-state index in [-0.39, 0.29) is 0 Å². The summed E-state index contributed by atoms with van der Waals surface area (Å²) in [5.74, 6) is 3.39. The van der Waals surface area contributed by atoms with Gasteiger partial charge in [-0.25, -0.2) is 0 Å². The molecule has 144 valence electrons. The quantitative estimate of drug-likeness (QED) is 0.725. The molecular formula is C23H29NO3. The Hall–Kier alpha value is -2.20. The number of fused-ring (bicyclic) bond motifs is 2. The second-order valence-electron chi connectivity index (χ2n) is 7.45. The molecule has 0 saturated carbocycles. The molecule has 0 spiro atoms. The maximum Gasteiger partial charge on any atom is 0.231 e. The van der Waals surface area contributed by atoms with E-state index in [1.54, 1.807) is 7.11 Å². The van der Waals surface area contributed by atoms with Crippen LogP contribution in [0.4, 0.5) is 0 Å². The lowest BCUT2D eigenvalue weighted by atomic mass is 9.82. The van der Waals surface area contributed by atoms with Crippen molar-refractivity contribution in [2.75, 3.05) is 33.5 Å². The van der Waals surface area contributed by atoms with Crippen LogP contribution >= 0.6 is 0 Å². The summed E-state index contributed by atoms with van der Waals surface area (Å²) in [6.07, 6.45) is 4.68. The van der Waals surface area contributed by atoms with E-state index in [2.05, 4.69) is 42.2 Å². The topological polar surface area (TPSA) is 30.9 Å². The molecule has 0 aromatic heterocycles. The largest absolute Gasteiger partial charge is 0.496 e. The summed E-state index contributed by atoms with van der Waals surface area (Å²) in [4.78, 5) is 2.57.